The van der Waals surface area contributed by atoms with Gasteiger partial charge in [0.25, 0.3) is 0 Å². The molecule has 0 aromatic heterocycles. The average molecular weight is 262 g/mol. The number of aliphatic hydroxyl groups is 1. The SMILES string of the molecule is COc1ccc(CNCC(C)O)c(OC)c1.Cl. The van der Waals surface area contributed by atoms with Crippen LogP contribution in [0.25, 0.3) is 0 Å². The molecule has 1 unspecified atom stereocenters. The van der Waals surface area contributed by atoms with E-state index in [2.05, 4.69) is 5.32 Å². The van der Waals surface area contributed by atoms with Crippen molar-refractivity contribution in [1.29, 1.82) is 0 Å². The molecule has 0 saturated carbocycles. The Balaban J connectivity index is 0.00000256. The second-order valence-electron chi connectivity index (χ2n) is 3.66. The van der Waals surface area contributed by atoms with Crippen molar-refractivity contribution in [3.05, 3.63) is 23.8 Å². The number of nitrogens with one attached hydrogen (secondary N) is 1. The van der Waals surface area contributed by atoms with Crippen molar-refractivity contribution in [3.8, 4) is 11.5 Å². The summed E-state index contributed by atoms with van der Waals surface area (Å²) in [6.45, 7) is 2.98. The fourth-order valence-electron chi connectivity index (χ4n) is 1.41. The third kappa shape index (κ3) is 5.26. The Bertz CT molecular complexity index is 332. The molecule has 1 atom stereocenters. The van der Waals surface area contributed by atoms with Gasteiger partial charge in [-0.2, -0.15) is 0 Å². The van der Waals surface area contributed by atoms with E-state index < -0.39 is 0 Å². The third-order valence-electron chi connectivity index (χ3n) is 2.25. The summed E-state index contributed by atoms with van der Waals surface area (Å²) in [6.07, 6.45) is -0.343. The van der Waals surface area contributed by atoms with Crippen molar-refractivity contribution in [3.63, 3.8) is 0 Å². The Hall–Kier alpha value is -0.970. The van der Waals surface area contributed by atoms with Crippen LogP contribution in [0.1, 0.15) is 12.5 Å². The van der Waals surface area contributed by atoms with Crippen molar-refractivity contribution in [2.24, 2.45) is 0 Å². The van der Waals surface area contributed by atoms with Crippen LogP contribution in [0, 0.1) is 0 Å². The van der Waals surface area contributed by atoms with Crippen LogP contribution in [-0.4, -0.2) is 32.0 Å². The zero-order valence-electron chi connectivity index (χ0n) is 10.4. The van der Waals surface area contributed by atoms with Crippen molar-refractivity contribution in [1.82, 2.24) is 5.32 Å². The zero-order chi connectivity index (χ0) is 12.0. The van der Waals surface area contributed by atoms with Crippen LogP contribution in [0.4, 0.5) is 0 Å². The second kappa shape index (κ2) is 8.17. The number of ether oxygens (including phenoxy) is 2. The van der Waals surface area contributed by atoms with Gasteiger partial charge in [0.15, 0.2) is 0 Å². The highest BCUT2D eigenvalue weighted by molar-refractivity contribution is 5.85. The van der Waals surface area contributed by atoms with Gasteiger partial charge in [-0.3, -0.25) is 0 Å². The molecule has 0 bridgehead atoms. The van der Waals surface area contributed by atoms with Gasteiger partial charge in [0.2, 0.25) is 0 Å². The number of methoxy groups -OCH3 is 2. The van der Waals surface area contributed by atoms with Gasteiger partial charge in [-0.15, -0.1) is 12.4 Å². The number of hydrogen-bond acceptors (Lipinski definition) is 4. The summed E-state index contributed by atoms with van der Waals surface area (Å²) in [4.78, 5) is 0. The molecule has 5 heteroatoms. The molecule has 98 valence electrons. The largest absolute Gasteiger partial charge is 0.497 e. The first-order chi connectivity index (χ1) is 7.67. The van der Waals surface area contributed by atoms with Gasteiger partial charge in [0, 0.05) is 24.7 Å². The summed E-state index contributed by atoms with van der Waals surface area (Å²) in [5, 5.41) is 12.3. The minimum absolute atomic E-state index is 0. The summed E-state index contributed by atoms with van der Waals surface area (Å²) in [5.74, 6) is 1.56. The van der Waals surface area contributed by atoms with Gasteiger partial charge < -0.3 is 19.9 Å². The molecule has 4 nitrogen and oxygen atoms in total. The second-order valence-corrected chi connectivity index (χ2v) is 3.66. The molecule has 0 spiro atoms. The first-order valence-electron chi connectivity index (χ1n) is 5.27. The molecule has 0 amide bonds. The predicted molar refractivity (Wildman–Crippen MR) is 70.2 cm³/mol. The van der Waals surface area contributed by atoms with Gasteiger partial charge in [0.1, 0.15) is 11.5 Å². The van der Waals surface area contributed by atoms with E-state index >= 15 is 0 Å². The molecule has 0 aliphatic rings. The molecule has 0 aliphatic heterocycles. The maximum absolute atomic E-state index is 9.13. The molecular weight excluding hydrogens is 242 g/mol. The monoisotopic (exact) mass is 261 g/mol. The molecule has 1 aromatic rings. The van der Waals surface area contributed by atoms with Crippen LogP contribution in [-0.2, 0) is 6.54 Å². The van der Waals surface area contributed by atoms with E-state index in [1.807, 2.05) is 18.2 Å². The lowest BCUT2D eigenvalue weighted by Gasteiger charge is -2.12. The number of benzene rings is 1. The molecule has 0 aliphatic carbocycles. The Morgan fingerprint density at radius 1 is 1.29 bits per heavy atom. The molecule has 17 heavy (non-hydrogen) atoms. The molecule has 0 radical (unpaired) electrons. The van der Waals surface area contributed by atoms with Crippen LogP contribution < -0.4 is 14.8 Å². The van der Waals surface area contributed by atoms with Crippen LogP contribution in [0.5, 0.6) is 11.5 Å². The fourth-order valence-corrected chi connectivity index (χ4v) is 1.41. The van der Waals surface area contributed by atoms with Gasteiger partial charge in [0.05, 0.1) is 20.3 Å². The first-order valence-corrected chi connectivity index (χ1v) is 5.27. The maximum atomic E-state index is 9.13. The van der Waals surface area contributed by atoms with Crippen molar-refractivity contribution in [2.45, 2.75) is 19.6 Å². The quantitative estimate of drug-likeness (QED) is 0.817. The lowest BCUT2D eigenvalue weighted by molar-refractivity contribution is 0.191. The van der Waals surface area contributed by atoms with E-state index in [-0.39, 0.29) is 18.5 Å². The van der Waals surface area contributed by atoms with Crippen molar-refractivity contribution >= 4 is 12.4 Å². The van der Waals surface area contributed by atoms with Crippen molar-refractivity contribution in [2.75, 3.05) is 20.8 Å². The smallest absolute Gasteiger partial charge is 0.127 e. The summed E-state index contributed by atoms with van der Waals surface area (Å²) in [6, 6.07) is 5.69. The van der Waals surface area contributed by atoms with E-state index in [4.69, 9.17) is 14.6 Å². The Kier molecular flexibility index (Phi) is 7.70. The van der Waals surface area contributed by atoms with E-state index in [0.717, 1.165) is 17.1 Å². The number of halogens is 1. The normalized spacial score (nSPS) is 11.5. The predicted octanol–water partition coefficient (Wildman–Crippen LogP) is 1.60. The van der Waals surface area contributed by atoms with Crippen LogP contribution >= 0.6 is 12.4 Å². The minimum Gasteiger partial charge on any atom is -0.497 e. The van der Waals surface area contributed by atoms with E-state index in [1.54, 1.807) is 21.1 Å². The molecule has 0 heterocycles. The lowest BCUT2D eigenvalue weighted by Crippen LogP contribution is -2.24. The number of rotatable bonds is 6. The highest BCUT2D eigenvalue weighted by atomic mass is 35.5. The Morgan fingerprint density at radius 2 is 2.00 bits per heavy atom. The summed E-state index contributed by atoms with van der Waals surface area (Å²) in [5.41, 5.74) is 1.05. The molecular formula is C12H20ClNO3. The molecule has 0 saturated heterocycles. The maximum Gasteiger partial charge on any atom is 0.127 e. The van der Waals surface area contributed by atoms with Gasteiger partial charge in [-0.05, 0) is 13.0 Å². The Labute approximate surface area is 108 Å². The average Bonchev–Trinajstić information content (AvgIpc) is 2.29. The van der Waals surface area contributed by atoms with E-state index in [0.29, 0.717) is 13.1 Å². The molecule has 1 aromatic carbocycles. The topological polar surface area (TPSA) is 50.7 Å². The Morgan fingerprint density at radius 3 is 2.53 bits per heavy atom. The highest BCUT2D eigenvalue weighted by Gasteiger charge is 2.04. The minimum atomic E-state index is -0.343. The van der Waals surface area contributed by atoms with Gasteiger partial charge in [-0.1, -0.05) is 6.07 Å². The van der Waals surface area contributed by atoms with Crippen LogP contribution in [0.2, 0.25) is 0 Å². The molecule has 2 N–H and O–H groups in total. The summed E-state index contributed by atoms with van der Waals surface area (Å²) >= 11 is 0. The summed E-state index contributed by atoms with van der Waals surface area (Å²) in [7, 11) is 3.26. The van der Waals surface area contributed by atoms with E-state index in [1.165, 1.54) is 0 Å². The fraction of sp³-hybridized carbons (Fsp3) is 0.500. The zero-order valence-corrected chi connectivity index (χ0v) is 11.2. The molecule has 0 fully saturated rings. The standard InChI is InChI=1S/C12H19NO3.ClH/c1-9(14)7-13-8-10-4-5-11(15-2)6-12(10)16-3;/h4-6,9,13-14H,7-8H2,1-3H3;1H. The first kappa shape index (κ1) is 16.0. The van der Waals surface area contributed by atoms with Gasteiger partial charge in [-0.25, -0.2) is 0 Å². The number of aliphatic hydroxyl groups excluding tert-OH is 1. The summed E-state index contributed by atoms with van der Waals surface area (Å²) < 4.78 is 10.4. The van der Waals surface area contributed by atoms with E-state index in [9.17, 15) is 0 Å². The van der Waals surface area contributed by atoms with Crippen molar-refractivity contribution < 1.29 is 14.6 Å². The molecule has 1 rings (SSSR count). The number of hydrogen-bond donors (Lipinski definition) is 2. The van der Waals surface area contributed by atoms with Crippen LogP contribution in [0.15, 0.2) is 18.2 Å². The van der Waals surface area contributed by atoms with Crippen LogP contribution in [0.3, 0.4) is 0 Å². The van der Waals surface area contributed by atoms with Gasteiger partial charge >= 0.3 is 0 Å². The highest BCUT2D eigenvalue weighted by Crippen LogP contribution is 2.24. The lowest BCUT2D eigenvalue weighted by atomic mass is 10.2. The third-order valence-corrected chi connectivity index (χ3v) is 2.25.